The lowest BCUT2D eigenvalue weighted by molar-refractivity contribution is -0.132. The first-order valence-electron chi connectivity index (χ1n) is 6.77. The topological polar surface area (TPSA) is 68.7 Å². The second-order valence-corrected chi connectivity index (χ2v) is 5.00. The van der Waals surface area contributed by atoms with Crippen molar-refractivity contribution in [3.8, 4) is 0 Å². The van der Waals surface area contributed by atoms with Gasteiger partial charge in [-0.25, -0.2) is 9.79 Å². The molecule has 0 bridgehead atoms. The van der Waals surface area contributed by atoms with Crippen LogP contribution in [0.3, 0.4) is 0 Å². The summed E-state index contributed by atoms with van der Waals surface area (Å²) in [5, 5.41) is 10.3. The van der Waals surface area contributed by atoms with E-state index in [1.54, 1.807) is 25.1 Å². The molecule has 110 valence electrons. The summed E-state index contributed by atoms with van der Waals surface area (Å²) in [7, 11) is 3.60. The van der Waals surface area contributed by atoms with Crippen LogP contribution in [0.25, 0.3) is 10.9 Å². The van der Waals surface area contributed by atoms with E-state index >= 15 is 0 Å². The molecule has 5 nitrogen and oxygen atoms in total. The number of fused-ring (bicyclic) bond motifs is 1. The first-order chi connectivity index (χ1) is 10.1. The first kappa shape index (κ1) is 14.8. The van der Waals surface area contributed by atoms with Crippen molar-refractivity contribution in [2.24, 2.45) is 4.99 Å². The van der Waals surface area contributed by atoms with Gasteiger partial charge in [0.2, 0.25) is 0 Å². The highest BCUT2D eigenvalue weighted by Crippen LogP contribution is 2.19. The molecule has 0 saturated carbocycles. The van der Waals surface area contributed by atoms with Crippen molar-refractivity contribution in [2.75, 3.05) is 14.1 Å². The number of aromatic amines is 1. The summed E-state index contributed by atoms with van der Waals surface area (Å²) >= 11 is 0. The fourth-order valence-corrected chi connectivity index (χ4v) is 2.08. The van der Waals surface area contributed by atoms with E-state index in [1.165, 1.54) is 17.3 Å². The van der Waals surface area contributed by atoms with Crippen LogP contribution in [-0.4, -0.2) is 41.4 Å². The van der Waals surface area contributed by atoms with Crippen molar-refractivity contribution >= 4 is 23.2 Å². The molecule has 0 aliphatic rings. The molecule has 0 atom stereocenters. The smallest absolute Gasteiger partial charge is 0.354 e. The van der Waals surface area contributed by atoms with Gasteiger partial charge < -0.3 is 15.0 Å². The summed E-state index contributed by atoms with van der Waals surface area (Å²) in [5.74, 6) is -1.01. The molecule has 0 aliphatic heterocycles. The van der Waals surface area contributed by atoms with Crippen LogP contribution in [-0.2, 0) is 11.2 Å². The van der Waals surface area contributed by atoms with E-state index in [2.05, 4.69) is 16.0 Å². The Morgan fingerprint density at radius 3 is 2.86 bits per heavy atom. The van der Waals surface area contributed by atoms with Gasteiger partial charge in [-0.1, -0.05) is 24.3 Å². The molecule has 0 aliphatic carbocycles. The van der Waals surface area contributed by atoms with Gasteiger partial charge in [0.25, 0.3) is 0 Å². The minimum atomic E-state index is -1.01. The molecule has 0 unspecified atom stereocenters. The van der Waals surface area contributed by atoms with Gasteiger partial charge in [0.1, 0.15) is 5.70 Å². The fourth-order valence-electron chi connectivity index (χ4n) is 2.08. The number of carbonyl (C=O) groups is 1. The van der Waals surface area contributed by atoms with Crippen molar-refractivity contribution < 1.29 is 9.90 Å². The maximum Gasteiger partial charge on any atom is 0.354 e. The van der Waals surface area contributed by atoms with Crippen LogP contribution in [0.15, 0.2) is 47.2 Å². The van der Waals surface area contributed by atoms with Crippen molar-refractivity contribution in [3.63, 3.8) is 0 Å². The molecule has 0 saturated heterocycles. The molecule has 1 aromatic carbocycles. The predicted molar refractivity (Wildman–Crippen MR) is 84.5 cm³/mol. The van der Waals surface area contributed by atoms with Crippen LogP contribution in [0.1, 0.15) is 12.0 Å². The third-order valence-electron chi connectivity index (χ3n) is 3.07. The fraction of sp³-hybridized carbons (Fsp3) is 0.250. The Balaban J connectivity index is 2.07. The third kappa shape index (κ3) is 3.95. The number of nitrogens with zero attached hydrogens (tertiary/aromatic N) is 2. The molecule has 0 spiro atoms. The normalized spacial score (nSPS) is 12.2. The Kier molecular flexibility index (Phi) is 4.77. The van der Waals surface area contributed by atoms with Crippen LogP contribution in [0, 0.1) is 0 Å². The number of rotatable bonds is 6. The average molecular weight is 285 g/mol. The molecule has 5 heteroatoms. The van der Waals surface area contributed by atoms with Gasteiger partial charge in [-0.05, 0) is 24.5 Å². The molecule has 1 aromatic heterocycles. The summed E-state index contributed by atoms with van der Waals surface area (Å²) in [4.78, 5) is 20.0. The number of aryl methyl sites for hydroxylation is 1. The van der Waals surface area contributed by atoms with Gasteiger partial charge in [0.05, 0.1) is 6.34 Å². The number of carboxylic acid groups (broad SMARTS) is 1. The lowest BCUT2D eigenvalue weighted by atomic mass is 10.1. The van der Waals surface area contributed by atoms with Gasteiger partial charge in [0, 0.05) is 31.2 Å². The third-order valence-corrected chi connectivity index (χ3v) is 3.07. The molecule has 1 heterocycles. The summed E-state index contributed by atoms with van der Waals surface area (Å²) in [6.45, 7) is 0. The number of aliphatic carboxylic acids is 1. The number of hydrogen-bond acceptors (Lipinski definition) is 2. The highest BCUT2D eigenvalue weighted by molar-refractivity contribution is 5.88. The van der Waals surface area contributed by atoms with Crippen molar-refractivity contribution in [1.82, 2.24) is 9.88 Å². The molecule has 0 fully saturated rings. The number of nitrogens with one attached hydrogen (secondary N) is 1. The second kappa shape index (κ2) is 6.74. The Hall–Kier alpha value is -2.56. The highest BCUT2D eigenvalue weighted by atomic mass is 16.4. The zero-order valence-electron chi connectivity index (χ0n) is 12.2. The number of hydrogen-bond donors (Lipinski definition) is 2. The van der Waals surface area contributed by atoms with Gasteiger partial charge in [-0.2, -0.15) is 0 Å². The Labute approximate surface area is 123 Å². The number of H-pyrrole nitrogens is 1. The van der Waals surface area contributed by atoms with Crippen molar-refractivity contribution in [2.45, 2.75) is 12.8 Å². The number of para-hydroxylation sites is 1. The zero-order chi connectivity index (χ0) is 15.2. The summed E-state index contributed by atoms with van der Waals surface area (Å²) in [6, 6.07) is 8.08. The molecule has 2 rings (SSSR count). The Morgan fingerprint density at radius 1 is 1.38 bits per heavy atom. The van der Waals surface area contributed by atoms with Gasteiger partial charge in [0.15, 0.2) is 0 Å². The lowest BCUT2D eigenvalue weighted by Gasteiger charge is -2.02. The van der Waals surface area contributed by atoms with E-state index in [1.807, 2.05) is 24.4 Å². The number of aromatic nitrogens is 1. The zero-order valence-corrected chi connectivity index (χ0v) is 12.2. The maximum atomic E-state index is 11.1. The molecule has 0 radical (unpaired) electrons. The van der Waals surface area contributed by atoms with E-state index < -0.39 is 5.97 Å². The highest BCUT2D eigenvalue weighted by Gasteiger charge is 2.06. The van der Waals surface area contributed by atoms with Crippen LogP contribution < -0.4 is 0 Å². The minimum absolute atomic E-state index is 0.0727. The second-order valence-electron chi connectivity index (χ2n) is 5.00. The monoisotopic (exact) mass is 285 g/mol. The van der Waals surface area contributed by atoms with Crippen LogP contribution in [0.4, 0.5) is 0 Å². The summed E-state index contributed by atoms with van der Waals surface area (Å²) in [6.07, 6.45) is 6.53. The van der Waals surface area contributed by atoms with E-state index in [-0.39, 0.29) is 5.70 Å². The van der Waals surface area contributed by atoms with Crippen LogP contribution in [0.5, 0.6) is 0 Å². The maximum absolute atomic E-state index is 11.1. The molecule has 21 heavy (non-hydrogen) atoms. The number of allylic oxidation sites excluding steroid dienone is 1. The quantitative estimate of drug-likeness (QED) is 0.487. The molecular weight excluding hydrogens is 266 g/mol. The number of aliphatic imine (C=N–C) groups is 1. The summed E-state index contributed by atoms with van der Waals surface area (Å²) < 4.78 is 0. The van der Waals surface area contributed by atoms with E-state index in [9.17, 15) is 4.79 Å². The lowest BCUT2D eigenvalue weighted by Crippen LogP contribution is -2.09. The van der Waals surface area contributed by atoms with Crippen molar-refractivity contribution in [3.05, 3.63) is 47.8 Å². The molecule has 0 amide bonds. The van der Waals surface area contributed by atoms with Gasteiger partial charge in [-0.3, -0.25) is 0 Å². The molecule has 2 N–H and O–H groups in total. The van der Waals surface area contributed by atoms with E-state index in [4.69, 9.17) is 5.11 Å². The van der Waals surface area contributed by atoms with E-state index in [0.29, 0.717) is 6.42 Å². The predicted octanol–water partition coefficient (Wildman–Crippen LogP) is 2.66. The first-order valence-corrected chi connectivity index (χ1v) is 6.77. The summed E-state index contributed by atoms with van der Waals surface area (Å²) in [5.41, 5.74) is 2.35. The Morgan fingerprint density at radius 2 is 2.14 bits per heavy atom. The molecule has 2 aromatic rings. The number of carboxylic acids is 1. The van der Waals surface area contributed by atoms with Gasteiger partial charge >= 0.3 is 5.97 Å². The van der Waals surface area contributed by atoms with Gasteiger partial charge in [-0.15, -0.1) is 0 Å². The standard InChI is InChI=1S/C16H19N3O2/c1-19(2)11-18-15(16(20)21)9-5-6-12-10-17-14-8-4-3-7-13(12)14/h3-4,7-11,17H,5-6H2,1-2H3,(H,20,21). The Bertz CT molecular complexity index is 684. The minimum Gasteiger partial charge on any atom is -0.477 e. The molecular formula is C16H19N3O2. The van der Waals surface area contributed by atoms with Crippen LogP contribution >= 0.6 is 0 Å². The van der Waals surface area contributed by atoms with E-state index in [0.717, 1.165) is 11.9 Å². The largest absolute Gasteiger partial charge is 0.477 e. The number of benzene rings is 1. The average Bonchev–Trinajstić information content (AvgIpc) is 2.85. The SMILES string of the molecule is CN(C)C=NC(=CCCc1c[nH]c2ccccc12)C(=O)O. The van der Waals surface area contributed by atoms with Crippen molar-refractivity contribution in [1.29, 1.82) is 0 Å². The van der Waals surface area contributed by atoms with Crippen LogP contribution in [0.2, 0.25) is 0 Å².